The van der Waals surface area contributed by atoms with Crippen molar-refractivity contribution < 1.29 is 31.2 Å². The smallest absolute Gasteiger partial charge is 0.301 e. The van der Waals surface area contributed by atoms with E-state index in [0.29, 0.717) is 45.1 Å². The summed E-state index contributed by atoms with van der Waals surface area (Å²) in [6.07, 6.45) is -2.27. The summed E-state index contributed by atoms with van der Waals surface area (Å²) < 4.78 is 67.1. The normalized spacial score (nSPS) is 18.3. The number of carbonyl (C=O) groups is 2. The highest BCUT2D eigenvalue weighted by Gasteiger charge is 2.39. The average molecular weight is 542 g/mol. The Bertz CT molecular complexity index is 1230. The van der Waals surface area contributed by atoms with Crippen LogP contribution >= 0.6 is 0 Å². The first-order valence-corrected chi connectivity index (χ1v) is 13.3. The third kappa shape index (κ3) is 6.20. The molecule has 9 nitrogen and oxygen atoms in total. The minimum atomic E-state index is -4.80. The lowest BCUT2D eigenvalue weighted by atomic mass is 10.0. The fraction of sp³-hybridized carbons (Fsp3) is 0.542. The Morgan fingerprint density at radius 3 is 2.24 bits per heavy atom. The Balaban J connectivity index is 1.52. The topological polar surface area (TPSA) is 105 Å². The van der Waals surface area contributed by atoms with Crippen LogP contribution in [0.25, 0.3) is 0 Å². The molecule has 0 atom stereocenters. The lowest BCUT2D eigenvalue weighted by molar-refractivity contribution is -0.138. The Hall–Kier alpha value is -2.79. The van der Waals surface area contributed by atoms with Crippen LogP contribution in [0.2, 0.25) is 0 Å². The maximum atomic E-state index is 13.3. The van der Waals surface area contributed by atoms with E-state index in [2.05, 4.69) is 4.90 Å². The Kier molecular flexibility index (Phi) is 8.79. The molecule has 1 fully saturated rings. The van der Waals surface area contributed by atoms with Gasteiger partial charge in [0.25, 0.3) is 22.0 Å². The van der Waals surface area contributed by atoms with Crippen LogP contribution in [0.15, 0.2) is 29.3 Å². The summed E-state index contributed by atoms with van der Waals surface area (Å²) in [5.41, 5.74) is -1.50. The standard InChI is InChI=1S/C24H30F3N5O4S/c1-17-20(7-5-4-6-10-30-11-13-31(14-12-30)37(35,36)29(2)3)23(34)32(22(17)33)19-9-8-18(16-28)21(15-19)24(25,26)27/h8-9,15H,4-7,10-14H2,1-3H3. The molecule has 0 spiro atoms. The van der Waals surface area contributed by atoms with Crippen molar-refractivity contribution in [1.82, 2.24) is 13.5 Å². The fourth-order valence-corrected chi connectivity index (χ4v) is 5.53. The van der Waals surface area contributed by atoms with Crippen LogP contribution in [0.3, 0.4) is 0 Å². The van der Waals surface area contributed by atoms with Crippen LogP contribution < -0.4 is 4.90 Å². The number of nitrogens with zero attached hydrogens (tertiary/aromatic N) is 5. The van der Waals surface area contributed by atoms with E-state index >= 15 is 0 Å². The van der Waals surface area contributed by atoms with Gasteiger partial charge in [-0.1, -0.05) is 6.42 Å². The van der Waals surface area contributed by atoms with Crippen LogP contribution in [0.1, 0.15) is 43.7 Å². The molecule has 37 heavy (non-hydrogen) atoms. The maximum Gasteiger partial charge on any atom is 0.417 e. The van der Waals surface area contributed by atoms with Crippen molar-refractivity contribution in [1.29, 1.82) is 5.26 Å². The van der Waals surface area contributed by atoms with Gasteiger partial charge in [0, 0.05) is 51.4 Å². The molecule has 0 aromatic heterocycles. The number of anilines is 1. The molecule has 0 N–H and O–H groups in total. The van der Waals surface area contributed by atoms with Gasteiger partial charge >= 0.3 is 6.18 Å². The molecular weight excluding hydrogens is 511 g/mol. The molecule has 2 heterocycles. The number of carbonyl (C=O) groups excluding carboxylic acids is 2. The predicted octanol–water partition coefficient (Wildman–Crippen LogP) is 2.75. The zero-order valence-corrected chi connectivity index (χ0v) is 21.8. The number of hydrogen-bond donors (Lipinski definition) is 0. The first kappa shape index (κ1) is 28.8. The fourth-order valence-electron chi connectivity index (χ4n) is 4.45. The number of hydrogen-bond acceptors (Lipinski definition) is 6. The van der Waals surface area contributed by atoms with E-state index < -0.39 is 39.3 Å². The van der Waals surface area contributed by atoms with E-state index in [-0.39, 0.29) is 16.8 Å². The quantitative estimate of drug-likeness (QED) is 0.352. The zero-order valence-electron chi connectivity index (χ0n) is 21.0. The molecule has 2 aliphatic rings. The summed E-state index contributed by atoms with van der Waals surface area (Å²) >= 11 is 0. The first-order chi connectivity index (χ1) is 17.3. The Morgan fingerprint density at radius 2 is 1.68 bits per heavy atom. The summed E-state index contributed by atoms with van der Waals surface area (Å²) in [6.45, 7) is 4.37. The van der Waals surface area contributed by atoms with Crippen molar-refractivity contribution in [2.75, 3.05) is 51.7 Å². The van der Waals surface area contributed by atoms with Gasteiger partial charge in [-0.05, 0) is 50.9 Å². The summed E-state index contributed by atoms with van der Waals surface area (Å²) in [4.78, 5) is 28.6. The van der Waals surface area contributed by atoms with Crippen molar-refractivity contribution in [3.05, 3.63) is 40.5 Å². The molecule has 0 saturated carbocycles. The predicted molar refractivity (Wildman–Crippen MR) is 130 cm³/mol. The lowest BCUT2D eigenvalue weighted by Gasteiger charge is -2.35. The van der Waals surface area contributed by atoms with Gasteiger partial charge < -0.3 is 4.90 Å². The number of imide groups is 1. The molecular formula is C24H30F3N5O4S. The average Bonchev–Trinajstić information content (AvgIpc) is 3.05. The minimum absolute atomic E-state index is 0.209. The van der Waals surface area contributed by atoms with Crippen LogP contribution in [-0.4, -0.2) is 80.6 Å². The van der Waals surface area contributed by atoms with E-state index in [4.69, 9.17) is 5.26 Å². The van der Waals surface area contributed by atoms with E-state index in [1.807, 2.05) is 0 Å². The SMILES string of the molecule is CC1=C(CCCCCN2CCN(S(=O)(=O)N(C)C)CC2)C(=O)N(c2ccc(C#N)c(C(F)(F)F)c2)C1=O. The molecule has 1 saturated heterocycles. The van der Waals surface area contributed by atoms with Gasteiger partial charge in [-0.25, -0.2) is 4.90 Å². The second kappa shape index (κ2) is 11.3. The van der Waals surface area contributed by atoms with Crippen molar-refractivity contribution in [2.24, 2.45) is 0 Å². The summed E-state index contributed by atoms with van der Waals surface area (Å²) in [7, 11) is -0.404. The van der Waals surface area contributed by atoms with E-state index in [9.17, 15) is 31.2 Å². The summed E-state index contributed by atoms with van der Waals surface area (Å²) in [5.74, 6) is -1.30. The molecule has 3 rings (SSSR count). The summed E-state index contributed by atoms with van der Waals surface area (Å²) in [5, 5.41) is 8.98. The number of nitriles is 1. The van der Waals surface area contributed by atoms with Crippen LogP contribution in [0.4, 0.5) is 18.9 Å². The number of benzene rings is 1. The Labute approximate surface area is 214 Å². The number of alkyl halides is 3. The number of amides is 2. The van der Waals surface area contributed by atoms with Gasteiger partial charge in [-0.2, -0.15) is 35.5 Å². The molecule has 2 aliphatic heterocycles. The zero-order chi connectivity index (χ0) is 27.5. The molecule has 2 amide bonds. The van der Waals surface area contributed by atoms with E-state index in [1.54, 1.807) is 0 Å². The number of halogens is 3. The van der Waals surface area contributed by atoms with Crippen molar-refractivity contribution in [3.8, 4) is 6.07 Å². The minimum Gasteiger partial charge on any atom is -0.301 e. The van der Waals surface area contributed by atoms with Crippen molar-refractivity contribution >= 4 is 27.7 Å². The van der Waals surface area contributed by atoms with E-state index in [1.165, 1.54) is 41.8 Å². The van der Waals surface area contributed by atoms with Gasteiger partial charge in [-0.15, -0.1) is 0 Å². The molecule has 0 aliphatic carbocycles. The number of rotatable bonds is 9. The number of piperazine rings is 1. The van der Waals surface area contributed by atoms with E-state index in [0.717, 1.165) is 30.4 Å². The number of unbranched alkanes of at least 4 members (excludes halogenated alkanes) is 2. The molecule has 0 bridgehead atoms. The first-order valence-electron chi connectivity index (χ1n) is 11.9. The lowest BCUT2D eigenvalue weighted by Crippen LogP contribution is -2.51. The molecule has 202 valence electrons. The monoisotopic (exact) mass is 541 g/mol. The molecule has 13 heteroatoms. The van der Waals surface area contributed by atoms with Crippen LogP contribution in [0.5, 0.6) is 0 Å². The molecule has 0 radical (unpaired) electrons. The highest BCUT2D eigenvalue weighted by Crippen LogP contribution is 2.36. The van der Waals surface area contributed by atoms with Crippen LogP contribution in [0, 0.1) is 11.3 Å². The third-order valence-electron chi connectivity index (χ3n) is 6.65. The second-order valence-electron chi connectivity index (χ2n) is 9.23. The van der Waals surface area contributed by atoms with Crippen molar-refractivity contribution in [3.63, 3.8) is 0 Å². The van der Waals surface area contributed by atoms with Gasteiger partial charge in [-0.3, -0.25) is 9.59 Å². The molecule has 1 aromatic rings. The second-order valence-corrected chi connectivity index (χ2v) is 11.4. The molecule has 1 aromatic carbocycles. The van der Waals surface area contributed by atoms with Crippen LogP contribution in [-0.2, 0) is 26.0 Å². The van der Waals surface area contributed by atoms with Gasteiger partial charge in [0.1, 0.15) is 0 Å². The molecule has 0 unspecified atom stereocenters. The summed E-state index contributed by atoms with van der Waals surface area (Å²) in [6, 6.07) is 4.27. The Morgan fingerprint density at radius 1 is 1.03 bits per heavy atom. The van der Waals surface area contributed by atoms with Gasteiger partial charge in [0.05, 0.1) is 22.9 Å². The largest absolute Gasteiger partial charge is 0.417 e. The van der Waals surface area contributed by atoms with Crippen molar-refractivity contribution in [2.45, 2.75) is 38.8 Å². The maximum absolute atomic E-state index is 13.3. The highest BCUT2D eigenvalue weighted by molar-refractivity contribution is 7.86. The highest BCUT2D eigenvalue weighted by atomic mass is 32.2. The van der Waals surface area contributed by atoms with Gasteiger partial charge in [0.15, 0.2) is 0 Å². The van der Waals surface area contributed by atoms with Gasteiger partial charge in [0.2, 0.25) is 0 Å². The third-order valence-corrected chi connectivity index (χ3v) is 8.59.